The molecular weight excluding hydrogens is 319 g/mol. The van der Waals surface area contributed by atoms with E-state index in [9.17, 15) is 9.18 Å². The maximum Gasteiger partial charge on any atom is 0.344 e. The number of fused-ring (bicyclic) bond motifs is 4. The van der Waals surface area contributed by atoms with E-state index in [4.69, 9.17) is 8.83 Å². The van der Waals surface area contributed by atoms with Crippen LogP contribution in [0.4, 0.5) is 4.39 Å². The summed E-state index contributed by atoms with van der Waals surface area (Å²) in [6.07, 6.45) is 1.64. The highest BCUT2D eigenvalue weighted by atomic mass is 19.1. The van der Waals surface area contributed by atoms with Gasteiger partial charge in [-0.2, -0.15) is 0 Å². The average Bonchev–Trinajstić information content (AvgIpc) is 3.04. The Hall–Kier alpha value is -3.40. The van der Waals surface area contributed by atoms with Crippen molar-refractivity contribution < 1.29 is 13.2 Å². The fourth-order valence-electron chi connectivity index (χ4n) is 3.25. The Morgan fingerprint density at radius 2 is 1.52 bits per heavy atom. The second-order valence-electron chi connectivity index (χ2n) is 5.94. The van der Waals surface area contributed by atoms with Gasteiger partial charge >= 0.3 is 5.63 Å². The molecule has 5 aromatic rings. The first-order valence-corrected chi connectivity index (χ1v) is 7.83. The van der Waals surface area contributed by atoms with Gasteiger partial charge in [-0.1, -0.05) is 30.3 Å². The molecule has 0 fully saturated rings. The molecule has 0 unspecified atom stereocenters. The summed E-state index contributed by atoms with van der Waals surface area (Å²) in [4.78, 5) is 12.2. The van der Waals surface area contributed by atoms with Crippen molar-refractivity contribution in [3.8, 4) is 11.1 Å². The highest BCUT2D eigenvalue weighted by Gasteiger charge is 2.13. The van der Waals surface area contributed by atoms with Gasteiger partial charge < -0.3 is 8.83 Å². The zero-order chi connectivity index (χ0) is 17.0. The normalized spacial score (nSPS) is 11.6. The van der Waals surface area contributed by atoms with E-state index in [1.54, 1.807) is 30.5 Å². The lowest BCUT2D eigenvalue weighted by Gasteiger charge is -2.03. The predicted molar refractivity (Wildman–Crippen MR) is 95.2 cm³/mol. The van der Waals surface area contributed by atoms with Crippen LogP contribution in [0.5, 0.6) is 0 Å². The third kappa shape index (κ3) is 2.08. The lowest BCUT2D eigenvalue weighted by molar-refractivity contribution is 0.567. The highest BCUT2D eigenvalue weighted by molar-refractivity contribution is 6.10. The van der Waals surface area contributed by atoms with E-state index in [0.717, 1.165) is 27.3 Å². The summed E-state index contributed by atoms with van der Waals surface area (Å²) in [6.45, 7) is 0. The third-order valence-electron chi connectivity index (χ3n) is 4.47. The lowest BCUT2D eigenvalue weighted by atomic mass is 10.0. The standard InChI is InChI=1S/C21H11FO3/c22-13-7-5-12(6-8-13)18-11-24-19-10-20-16(9-17(18)19)14-3-1-2-4-15(14)21(23)25-20/h1-11H. The summed E-state index contributed by atoms with van der Waals surface area (Å²) in [5.41, 5.74) is 2.46. The molecule has 0 aliphatic rings. The second-order valence-corrected chi connectivity index (χ2v) is 5.94. The Bertz CT molecular complexity index is 1310. The van der Waals surface area contributed by atoms with Gasteiger partial charge in [-0.15, -0.1) is 0 Å². The molecule has 0 aliphatic carbocycles. The van der Waals surface area contributed by atoms with Gasteiger partial charge in [0.1, 0.15) is 17.0 Å². The van der Waals surface area contributed by atoms with Crippen LogP contribution in [-0.2, 0) is 0 Å². The first-order chi connectivity index (χ1) is 12.2. The molecule has 120 valence electrons. The summed E-state index contributed by atoms with van der Waals surface area (Å²) in [5.74, 6) is -0.283. The number of halogens is 1. The van der Waals surface area contributed by atoms with Gasteiger partial charge in [-0.25, -0.2) is 9.18 Å². The molecule has 2 aromatic heterocycles. The lowest BCUT2D eigenvalue weighted by Crippen LogP contribution is -1.99. The van der Waals surface area contributed by atoms with E-state index >= 15 is 0 Å². The van der Waals surface area contributed by atoms with Crippen LogP contribution < -0.4 is 5.63 Å². The number of rotatable bonds is 1. The minimum Gasteiger partial charge on any atom is -0.464 e. The SMILES string of the molecule is O=c1oc2cc3occ(-c4ccc(F)cc4)c3cc2c2ccccc12. The van der Waals surface area contributed by atoms with Gasteiger partial charge in [0.25, 0.3) is 0 Å². The highest BCUT2D eigenvalue weighted by Crippen LogP contribution is 2.35. The molecule has 0 radical (unpaired) electrons. The van der Waals surface area contributed by atoms with E-state index in [-0.39, 0.29) is 11.4 Å². The Labute approximate surface area is 140 Å². The molecule has 3 nitrogen and oxygen atoms in total. The quantitative estimate of drug-likeness (QED) is 0.301. The van der Waals surface area contributed by atoms with Crippen molar-refractivity contribution in [2.75, 3.05) is 0 Å². The molecule has 2 heterocycles. The summed E-state index contributed by atoms with van der Waals surface area (Å²) >= 11 is 0. The second kappa shape index (κ2) is 5.05. The van der Waals surface area contributed by atoms with Crippen molar-refractivity contribution in [1.29, 1.82) is 0 Å². The number of hydrogen-bond donors (Lipinski definition) is 0. The summed E-state index contributed by atoms with van der Waals surface area (Å²) in [6, 6.07) is 17.3. The van der Waals surface area contributed by atoms with Crippen LogP contribution in [0.15, 0.2) is 80.6 Å². The summed E-state index contributed by atoms with van der Waals surface area (Å²) < 4.78 is 24.3. The zero-order valence-electron chi connectivity index (χ0n) is 13.0. The van der Waals surface area contributed by atoms with E-state index in [2.05, 4.69) is 0 Å². The third-order valence-corrected chi connectivity index (χ3v) is 4.47. The minimum absolute atomic E-state index is 0.283. The smallest absolute Gasteiger partial charge is 0.344 e. The van der Waals surface area contributed by atoms with Crippen molar-refractivity contribution in [2.45, 2.75) is 0 Å². The molecule has 0 saturated heterocycles. The Morgan fingerprint density at radius 1 is 0.760 bits per heavy atom. The average molecular weight is 330 g/mol. The molecule has 0 spiro atoms. The van der Waals surface area contributed by atoms with Crippen LogP contribution in [0.1, 0.15) is 0 Å². The molecule has 0 atom stereocenters. The molecule has 0 saturated carbocycles. The van der Waals surface area contributed by atoms with Crippen LogP contribution in [0.3, 0.4) is 0 Å². The topological polar surface area (TPSA) is 43.4 Å². The van der Waals surface area contributed by atoms with Crippen LogP contribution in [0, 0.1) is 5.82 Å². The van der Waals surface area contributed by atoms with Gasteiger partial charge in [-0.3, -0.25) is 0 Å². The van der Waals surface area contributed by atoms with Crippen molar-refractivity contribution >= 4 is 32.7 Å². The predicted octanol–water partition coefficient (Wildman–Crippen LogP) is 5.50. The van der Waals surface area contributed by atoms with Crippen molar-refractivity contribution in [1.82, 2.24) is 0 Å². The van der Waals surface area contributed by atoms with E-state index in [1.165, 1.54) is 12.1 Å². The van der Waals surface area contributed by atoms with Gasteiger partial charge in [0.2, 0.25) is 0 Å². The molecule has 3 aromatic carbocycles. The molecule has 4 heteroatoms. The molecule has 0 N–H and O–H groups in total. The van der Waals surface area contributed by atoms with Gasteiger partial charge in [0, 0.05) is 22.4 Å². The largest absolute Gasteiger partial charge is 0.464 e. The molecular formula is C21H11FO3. The first-order valence-electron chi connectivity index (χ1n) is 7.83. The van der Waals surface area contributed by atoms with E-state index < -0.39 is 0 Å². The van der Waals surface area contributed by atoms with Crippen molar-refractivity contribution in [3.63, 3.8) is 0 Å². The Balaban J connectivity index is 1.89. The number of furan rings is 1. The molecule has 0 amide bonds. The van der Waals surface area contributed by atoms with Crippen LogP contribution >= 0.6 is 0 Å². The first kappa shape index (κ1) is 14.0. The van der Waals surface area contributed by atoms with E-state index in [1.807, 2.05) is 24.3 Å². The minimum atomic E-state index is -0.368. The van der Waals surface area contributed by atoms with Crippen LogP contribution in [0.2, 0.25) is 0 Å². The fourth-order valence-corrected chi connectivity index (χ4v) is 3.25. The van der Waals surface area contributed by atoms with Gasteiger partial charge in [-0.05, 0) is 35.2 Å². The summed E-state index contributed by atoms with van der Waals surface area (Å²) in [5, 5.41) is 3.11. The van der Waals surface area contributed by atoms with Crippen LogP contribution in [-0.4, -0.2) is 0 Å². The van der Waals surface area contributed by atoms with Crippen molar-refractivity contribution in [2.24, 2.45) is 0 Å². The summed E-state index contributed by atoms with van der Waals surface area (Å²) in [7, 11) is 0. The number of benzene rings is 3. The maximum absolute atomic E-state index is 13.2. The van der Waals surface area contributed by atoms with E-state index in [0.29, 0.717) is 16.6 Å². The van der Waals surface area contributed by atoms with Gasteiger partial charge in [0.05, 0.1) is 11.6 Å². The molecule has 0 bridgehead atoms. The maximum atomic E-state index is 13.2. The Morgan fingerprint density at radius 3 is 2.32 bits per heavy atom. The zero-order valence-corrected chi connectivity index (χ0v) is 13.0. The monoisotopic (exact) mass is 330 g/mol. The number of hydrogen-bond acceptors (Lipinski definition) is 3. The van der Waals surface area contributed by atoms with Crippen molar-refractivity contribution in [3.05, 3.63) is 83.2 Å². The molecule has 5 rings (SSSR count). The fraction of sp³-hybridized carbons (Fsp3) is 0. The molecule has 0 aliphatic heterocycles. The van der Waals surface area contributed by atoms with Gasteiger partial charge in [0.15, 0.2) is 0 Å². The van der Waals surface area contributed by atoms with Crippen LogP contribution in [0.25, 0.3) is 43.8 Å². The molecule has 25 heavy (non-hydrogen) atoms. The Kier molecular flexibility index (Phi) is 2.82.